The van der Waals surface area contributed by atoms with Gasteiger partial charge in [-0.1, -0.05) is 29.5 Å². The molecule has 0 bridgehead atoms. The van der Waals surface area contributed by atoms with Crippen LogP contribution in [0, 0.1) is 10.1 Å². The largest absolute Gasteiger partial charge is 0.278 e. The zero-order chi connectivity index (χ0) is 14.8. The van der Waals surface area contributed by atoms with Crippen LogP contribution in [0.15, 0.2) is 59.2 Å². The summed E-state index contributed by atoms with van der Waals surface area (Å²) in [6, 6.07) is 14.0. The quantitative estimate of drug-likeness (QED) is 0.537. The number of hydrogen-bond acceptors (Lipinski definition) is 4. The van der Waals surface area contributed by atoms with E-state index in [1.165, 1.54) is 6.07 Å². The molecule has 0 unspecified atom stereocenters. The van der Waals surface area contributed by atoms with Gasteiger partial charge in [-0.3, -0.25) is 10.1 Å². The highest BCUT2D eigenvalue weighted by atomic mass is 79.9. The van der Waals surface area contributed by atoms with E-state index in [-0.39, 0.29) is 5.69 Å². The van der Waals surface area contributed by atoms with E-state index >= 15 is 0 Å². The van der Waals surface area contributed by atoms with Crippen LogP contribution in [0.25, 0.3) is 16.9 Å². The Kier molecular flexibility index (Phi) is 3.49. The molecule has 1 heterocycles. The highest BCUT2D eigenvalue weighted by molar-refractivity contribution is 9.10. The van der Waals surface area contributed by atoms with Gasteiger partial charge in [0.2, 0.25) is 0 Å². The monoisotopic (exact) mass is 344 g/mol. The molecule has 3 aromatic rings. The summed E-state index contributed by atoms with van der Waals surface area (Å²) in [7, 11) is 0. The Labute approximate surface area is 128 Å². The van der Waals surface area contributed by atoms with E-state index in [0.29, 0.717) is 11.3 Å². The van der Waals surface area contributed by atoms with Crippen LogP contribution in [0.1, 0.15) is 0 Å². The molecular weight excluding hydrogens is 336 g/mol. The summed E-state index contributed by atoms with van der Waals surface area (Å²) in [4.78, 5) is 10.6. The molecule has 0 amide bonds. The third-order valence-corrected chi connectivity index (χ3v) is 3.64. The molecule has 0 saturated heterocycles. The van der Waals surface area contributed by atoms with Crippen molar-refractivity contribution < 1.29 is 4.92 Å². The molecule has 0 atom stereocenters. The van der Waals surface area contributed by atoms with E-state index in [4.69, 9.17) is 0 Å². The lowest BCUT2D eigenvalue weighted by molar-refractivity contribution is -0.384. The third-order valence-electron chi connectivity index (χ3n) is 2.97. The van der Waals surface area contributed by atoms with Crippen LogP contribution in [0.4, 0.5) is 5.69 Å². The summed E-state index contributed by atoms with van der Waals surface area (Å²) in [6.07, 6.45) is 1.67. The van der Waals surface area contributed by atoms with Gasteiger partial charge in [-0.25, -0.2) is 4.68 Å². The Bertz CT molecular complexity index is 816. The number of hydrogen-bond donors (Lipinski definition) is 0. The Morgan fingerprint density at radius 3 is 2.57 bits per heavy atom. The smallest absolute Gasteiger partial charge is 0.258 e. The number of para-hydroxylation sites is 2. The molecule has 1 aromatic heterocycles. The van der Waals surface area contributed by atoms with Gasteiger partial charge in [0.1, 0.15) is 5.69 Å². The summed E-state index contributed by atoms with van der Waals surface area (Å²) >= 11 is 3.44. The molecule has 0 spiro atoms. The summed E-state index contributed by atoms with van der Waals surface area (Å²) < 4.78 is 2.44. The van der Waals surface area contributed by atoms with Gasteiger partial charge in [-0.05, 0) is 34.1 Å². The number of rotatable bonds is 3. The molecule has 3 rings (SSSR count). The Balaban J connectivity index is 2.08. The van der Waals surface area contributed by atoms with E-state index < -0.39 is 4.92 Å². The van der Waals surface area contributed by atoms with Crippen molar-refractivity contribution in [1.29, 1.82) is 0 Å². The lowest BCUT2D eigenvalue weighted by Crippen LogP contribution is -1.95. The first-order valence-corrected chi connectivity index (χ1v) is 6.87. The minimum absolute atomic E-state index is 0.0108. The van der Waals surface area contributed by atoms with Crippen molar-refractivity contribution >= 4 is 21.6 Å². The lowest BCUT2D eigenvalue weighted by atomic mass is 10.1. The van der Waals surface area contributed by atoms with E-state index in [1.807, 2.05) is 24.3 Å². The second-order valence-corrected chi connectivity index (χ2v) is 5.13. The highest BCUT2D eigenvalue weighted by Crippen LogP contribution is 2.28. The van der Waals surface area contributed by atoms with E-state index in [9.17, 15) is 10.1 Å². The zero-order valence-electron chi connectivity index (χ0n) is 10.7. The molecule has 0 aliphatic rings. The molecule has 0 N–H and O–H groups in total. The maximum absolute atomic E-state index is 11.1. The molecule has 0 radical (unpaired) electrons. The molecule has 0 aliphatic carbocycles. The SMILES string of the molecule is O=[N+]([O-])c1ccccc1-c1cn(-c2ccccc2Br)nn1. The predicted molar refractivity (Wildman–Crippen MR) is 81.1 cm³/mol. The fourth-order valence-electron chi connectivity index (χ4n) is 1.99. The molecule has 2 aromatic carbocycles. The standard InChI is InChI=1S/C14H9BrN4O2/c15-11-6-2-4-8-14(11)18-9-12(16-17-18)10-5-1-3-7-13(10)19(20)21/h1-9H. The number of aromatic nitrogens is 3. The summed E-state index contributed by atoms with van der Waals surface area (Å²) in [5.74, 6) is 0. The van der Waals surface area contributed by atoms with E-state index in [1.54, 1.807) is 29.1 Å². The molecule has 21 heavy (non-hydrogen) atoms. The molecule has 6 nitrogen and oxygen atoms in total. The van der Waals surface area contributed by atoms with Crippen LogP contribution in [0.3, 0.4) is 0 Å². The number of benzene rings is 2. The summed E-state index contributed by atoms with van der Waals surface area (Å²) in [6.45, 7) is 0. The van der Waals surface area contributed by atoms with Crippen LogP contribution in [-0.2, 0) is 0 Å². The van der Waals surface area contributed by atoms with Crippen molar-refractivity contribution in [3.63, 3.8) is 0 Å². The van der Waals surface area contributed by atoms with Gasteiger partial charge < -0.3 is 0 Å². The zero-order valence-corrected chi connectivity index (χ0v) is 12.3. The molecular formula is C14H9BrN4O2. The van der Waals surface area contributed by atoms with Crippen LogP contribution >= 0.6 is 15.9 Å². The number of nitro groups is 1. The predicted octanol–water partition coefficient (Wildman–Crippen LogP) is 3.61. The Morgan fingerprint density at radius 1 is 1.10 bits per heavy atom. The first-order chi connectivity index (χ1) is 10.2. The summed E-state index contributed by atoms with van der Waals surface area (Å²) in [5.41, 5.74) is 1.73. The maximum Gasteiger partial charge on any atom is 0.278 e. The lowest BCUT2D eigenvalue weighted by Gasteiger charge is -2.01. The van der Waals surface area contributed by atoms with Gasteiger partial charge in [-0.2, -0.15) is 0 Å². The topological polar surface area (TPSA) is 73.8 Å². The third kappa shape index (κ3) is 2.55. The van der Waals surface area contributed by atoms with Gasteiger partial charge >= 0.3 is 0 Å². The Hall–Kier alpha value is -2.54. The highest BCUT2D eigenvalue weighted by Gasteiger charge is 2.17. The van der Waals surface area contributed by atoms with Gasteiger partial charge in [0.15, 0.2) is 0 Å². The molecule has 7 heteroatoms. The average Bonchev–Trinajstić information content (AvgIpc) is 2.97. The van der Waals surface area contributed by atoms with Crippen LogP contribution in [0.2, 0.25) is 0 Å². The molecule has 0 fully saturated rings. The minimum Gasteiger partial charge on any atom is -0.258 e. The van der Waals surface area contributed by atoms with Crippen molar-refractivity contribution in [2.45, 2.75) is 0 Å². The van der Waals surface area contributed by atoms with E-state index in [0.717, 1.165) is 10.2 Å². The van der Waals surface area contributed by atoms with Gasteiger partial charge in [0.05, 0.1) is 22.4 Å². The fourth-order valence-corrected chi connectivity index (χ4v) is 2.46. The van der Waals surface area contributed by atoms with Crippen molar-refractivity contribution in [2.75, 3.05) is 0 Å². The number of nitrogens with zero attached hydrogens (tertiary/aromatic N) is 4. The van der Waals surface area contributed by atoms with Crippen molar-refractivity contribution in [1.82, 2.24) is 15.0 Å². The van der Waals surface area contributed by atoms with Crippen molar-refractivity contribution in [2.24, 2.45) is 0 Å². The second-order valence-electron chi connectivity index (χ2n) is 4.27. The molecule has 0 aliphatic heterocycles. The van der Waals surface area contributed by atoms with Crippen LogP contribution < -0.4 is 0 Å². The van der Waals surface area contributed by atoms with E-state index in [2.05, 4.69) is 26.2 Å². The second kappa shape index (κ2) is 5.45. The molecule has 0 saturated carbocycles. The van der Waals surface area contributed by atoms with Crippen LogP contribution in [-0.4, -0.2) is 19.9 Å². The number of nitro benzene ring substituents is 1. The first-order valence-electron chi connectivity index (χ1n) is 6.08. The summed E-state index contributed by atoms with van der Waals surface area (Å²) in [5, 5.41) is 19.1. The average molecular weight is 345 g/mol. The van der Waals surface area contributed by atoms with Crippen molar-refractivity contribution in [3.8, 4) is 16.9 Å². The first kappa shape index (κ1) is 13.4. The van der Waals surface area contributed by atoms with Gasteiger partial charge in [-0.15, -0.1) is 5.10 Å². The normalized spacial score (nSPS) is 10.5. The Morgan fingerprint density at radius 2 is 1.81 bits per heavy atom. The van der Waals surface area contributed by atoms with Gasteiger partial charge in [0.25, 0.3) is 5.69 Å². The van der Waals surface area contributed by atoms with Crippen LogP contribution in [0.5, 0.6) is 0 Å². The maximum atomic E-state index is 11.1. The number of halogens is 1. The van der Waals surface area contributed by atoms with Gasteiger partial charge in [0, 0.05) is 10.5 Å². The molecule has 104 valence electrons. The fraction of sp³-hybridized carbons (Fsp3) is 0. The van der Waals surface area contributed by atoms with Crippen molar-refractivity contribution in [3.05, 3.63) is 69.3 Å². The minimum atomic E-state index is -0.424.